The summed E-state index contributed by atoms with van der Waals surface area (Å²) in [6, 6.07) is 12.1. The average molecular weight is 276 g/mol. The van der Waals surface area contributed by atoms with Crippen LogP contribution in [-0.2, 0) is 0 Å². The molecular weight excluding hydrogens is 266 g/mol. The Bertz CT molecular complexity index is 657. The molecule has 1 aliphatic heterocycles. The van der Waals surface area contributed by atoms with E-state index in [1.807, 2.05) is 18.2 Å². The highest BCUT2D eigenvalue weighted by Crippen LogP contribution is 2.39. The van der Waals surface area contributed by atoms with E-state index in [0.29, 0.717) is 16.5 Å². The van der Waals surface area contributed by atoms with Crippen LogP contribution >= 0.6 is 11.6 Å². The number of aromatic carboxylic acids is 1. The molecule has 0 amide bonds. The van der Waals surface area contributed by atoms with Crippen molar-refractivity contribution in [3.8, 4) is 5.75 Å². The number of anilines is 1. The minimum atomic E-state index is -0.967. The van der Waals surface area contributed by atoms with Gasteiger partial charge in [0.15, 0.2) is 6.23 Å². The molecule has 0 fully saturated rings. The van der Waals surface area contributed by atoms with Crippen LogP contribution in [0, 0.1) is 0 Å². The third-order valence-electron chi connectivity index (χ3n) is 2.95. The number of carboxylic acid groups (broad SMARTS) is 1. The molecule has 1 unspecified atom stereocenters. The van der Waals surface area contributed by atoms with E-state index >= 15 is 0 Å². The maximum absolute atomic E-state index is 10.9. The average Bonchev–Trinajstić information content (AvgIpc) is 2.81. The number of nitrogens with one attached hydrogen (secondary N) is 1. The van der Waals surface area contributed by atoms with E-state index in [1.165, 1.54) is 6.07 Å². The summed E-state index contributed by atoms with van der Waals surface area (Å²) in [6.07, 6.45) is -0.396. The van der Waals surface area contributed by atoms with Gasteiger partial charge in [-0.2, -0.15) is 0 Å². The predicted molar refractivity (Wildman–Crippen MR) is 71.8 cm³/mol. The third kappa shape index (κ3) is 2.11. The lowest BCUT2D eigenvalue weighted by atomic mass is 10.2. The Morgan fingerprint density at radius 2 is 2.05 bits per heavy atom. The standard InChI is InChI=1S/C14H10ClNO3/c15-10-4-2-1-3-9(10)13-16-11-7-8(14(17)18)5-6-12(11)19-13/h1-7,13,16H,(H,17,18). The molecule has 2 aromatic carbocycles. The van der Waals surface area contributed by atoms with Crippen molar-refractivity contribution in [2.24, 2.45) is 0 Å². The fourth-order valence-corrected chi connectivity index (χ4v) is 2.24. The first-order valence-corrected chi connectivity index (χ1v) is 6.08. The molecule has 1 heterocycles. The van der Waals surface area contributed by atoms with Crippen LogP contribution in [0.1, 0.15) is 22.1 Å². The van der Waals surface area contributed by atoms with E-state index in [9.17, 15) is 4.79 Å². The Labute approximate surface area is 114 Å². The van der Waals surface area contributed by atoms with E-state index in [1.54, 1.807) is 18.2 Å². The zero-order valence-corrected chi connectivity index (χ0v) is 10.5. The highest BCUT2D eigenvalue weighted by atomic mass is 35.5. The quantitative estimate of drug-likeness (QED) is 0.880. The van der Waals surface area contributed by atoms with Crippen LogP contribution in [0.3, 0.4) is 0 Å². The normalized spacial score (nSPS) is 16.4. The van der Waals surface area contributed by atoms with E-state index in [4.69, 9.17) is 21.4 Å². The monoisotopic (exact) mass is 275 g/mol. The summed E-state index contributed by atoms with van der Waals surface area (Å²) in [7, 11) is 0. The lowest BCUT2D eigenvalue weighted by Crippen LogP contribution is -2.10. The number of benzene rings is 2. The molecule has 19 heavy (non-hydrogen) atoms. The van der Waals surface area contributed by atoms with Crippen LogP contribution in [0.5, 0.6) is 5.75 Å². The maximum Gasteiger partial charge on any atom is 0.335 e. The molecule has 4 nitrogen and oxygen atoms in total. The van der Waals surface area contributed by atoms with Gasteiger partial charge in [0, 0.05) is 10.6 Å². The van der Waals surface area contributed by atoms with Crippen LogP contribution < -0.4 is 10.1 Å². The number of ether oxygens (including phenoxy) is 1. The Balaban J connectivity index is 1.92. The number of carboxylic acids is 1. The number of rotatable bonds is 2. The molecule has 3 rings (SSSR count). The van der Waals surface area contributed by atoms with Crippen molar-refractivity contribution in [1.82, 2.24) is 0 Å². The summed E-state index contributed by atoms with van der Waals surface area (Å²) in [6.45, 7) is 0. The molecule has 0 aromatic heterocycles. The molecule has 0 saturated carbocycles. The van der Waals surface area contributed by atoms with Crippen molar-refractivity contribution in [2.75, 3.05) is 5.32 Å². The number of hydrogen-bond donors (Lipinski definition) is 2. The van der Waals surface area contributed by atoms with Gasteiger partial charge in [-0.05, 0) is 24.3 Å². The van der Waals surface area contributed by atoms with E-state index in [0.717, 1.165) is 5.56 Å². The van der Waals surface area contributed by atoms with Crippen LogP contribution in [0.2, 0.25) is 5.02 Å². The van der Waals surface area contributed by atoms with Crippen LogP contribution in [0.15, 0.2) is 42.5 Å². The molecule has 0 spiro atoms. The van der Waals surface area contributed by atoms with Crippen molar-refractivity contribution >= 4 is 23.3 Å². The Morgan fingerprint density at radius 3 is 2.79 bits per heavy atom. The molecule has 0 aliphatic carbocycles. The van der Waals surface area contributed by atoms with E-state index < -0.39 is 12.2 Å². The highest BCUT2D eigenvalue weighted by molar-refractivity contribution is 6.31. The summed E-state index contributed by atoms with van der Waals surface area (Å²) < 4.78 is 5.72. The molecule has 2 N–H and O–H groups in total. The minimum Gasteiger partial charge on any atom is -0.478 e. The summed E-state index contributed by atoms with van der Waals surface area (Å²) >= 11 is 6.11. The van der Waals surface area contributed by atoms with Gasteiger partial charge in [0.2, 0.25) is 0 Å². The second kappa shape index (κ2) is 4.48. The molecule has 96 valence electrons. The summed E-state index contributed by atoms with van der Waals surface area (Å²) in [5.41, 5.74) is 1.69. The van der Waals surface area contributed by atoms with Crippen molar-refractivity contribution < 1.29 is 14.6 Å². The first-order valence-electron chi connectivity index (χ1n) is 5.70. The van der Waals surface area contributed by atoms with Crippen molar-refractivity contribution in [1.29, 1.82) is 0 Å². The lowest BCUT2D eigenvalue weighted by molar-refractivity contribution is 0.0697. The second-order valence-corrected chi connectivity index (χ2v) is 4.59. The zero-order valence-electron chi connectivity index (χ0n) is 9.76. The van der Waals surface area contributed by atoms with Gasteiger partial charge in [-0.15, -0.1) is 0 Å². The first kappa shape index (κ1) is 11.9. The van der Waals surface area contributed by atoms with Gasteiger partial charge >= 0.3 is 5.97 Å². The van der Waals surface area contributed by atoms with Gasteiger partial charge < -0.3 is 15.2 Å². The molecule has 5 heteroatoms. The van der Waals surface area contributed by atoms with Gasteiger partial charge in [-0.1, -0.05) is 29.8 Å². The largest absolute Gasteiger partial charge is 0.478 e. The molecule has 1 atom stereocenters. The van der Waals surface area contributed by atoms with E-state index in [2.05, 4.69) is 5.32 Å². The van der Waals surface area contributed by atoms with Gasteiger partial charge in [0.1, 0.15) is 5.75 Å². The number of hydrogen-bond acceptors (Lipinski definition) is 3. The van der Waals surface area contributed by atoms with Crippen LogP contribution in [0.4, 0.5) is 5.69 Å². The predicted octanol–water partition coefficient (Wildman–Crippen LogP) is 3.54. The zero-order chi connectivity index (χ0) is 13.4. The first-order chi connectivity index (χ1) is 9.15. The molecule has 1 aliphatic rings. The van der Waals surface area contributed by atoms with Crippen molar-refractivity contribution in [2.45, 2.75) is 6.23 Å². The Hall–Kier alpha value is -2.20. The number of fused-ring (bicyclic) bond motifs is 1. The number of halogens is 1. The molecular formula is C14H10ClNO3. The fourth-order valence-electron chi connectivity index (χ4n) is 2.01. The van der Waals surface area contributed by atoms with Crippen molar-refractivity contribution in [3.63, 3.8) is 0 Å². The number of carbonyl (C=O) groups is 1. The van der Waals surface area contributed by atoms with Gasteiger partial charge in [-0.3, -0.25) is 0 Å². The summed E-state index contributed by atoms with van der Waals surface area (Å²) in [5, 5.41) is 12.7. The SMILES string of the molecule is O=C(O)c1ccc2c(c1)NC(c1ccccc1Cl)O2. The van der Waals surface area contributed by atoms with Gasteiger partial charge in [0.05, 0.1) is 11.3 Å². The topological polar surface area (TPSA) is 58.6 Å². The summed E-state index contributed by atoms with van der Waals surface area (Å²) in [5.74, 6) is -0.347. The molecule has 0 saturated heterocycles. The Morgan fingerprint density at radius 1 is 1.26 bits per heavy atom. The van der Waals surface area contributed by atoms with Crippen LogP contribution in [-0.4, -0.2) is 11.1 Å². The highest BCUT2D eigenvalue weighted by Gasteiger charge is 2.25. The maximum atomic E-state index is 10.9. The smallest absolute Gasteiger partial charge is 0.335 e. The molecule has 2 aromatic rings. The van der Waals surface area contributed by atoms with E-state index in [-0.39, 0.29) is 5.56 Å². The second-order valence-electron chi connectivity index (χ2n) is 4.18. The third-order valence-corrected chi connectivity index (χ3v) is 3.29. The summed E-state index contributed by atoms with van der Waals surface area (Å²) in [4.78, 5) is 10.9. The van der Waals surface area contributed by atoms with Crippen LogP contribution in [0.25, 0.3) is 0 Å². The van der Waals surface area contributed by atoms with Crippen molar-refractivity contribution in [3.05, 3.63) is 58.6 Å². The van der Waals surface area contributed by atoms with Gasteiger partial charge in [0.25, 0.3) is 0 Å². The van der Waals surface area contributed by atoms with Gasteiger partial charge in [-0.25, -0.2) is 4.79 Å². The fraction of sp³-hybridized carbons (Fsp3) is 0.0714. The minimum absolute atomic E-state index is 0.217. The molecule has 0 radical (unpaired) electrons. The Kier molecular flexibility index (Phi) is 2.80. The molecule has 0 bridgehead atoms. The lowest BCUT2D eigenvalue weighted by Gasteiger charge is -2.12.